The van der Waals surface area contributed by atoms with Crippen LogP contribution >= 0.6 is 0 Å². The van der Waals surface area contributed by atoms with E-state index in [-0.39, 0.29) is 5.75 Å². The molecule has 1 unspecified atom stereocenters. The summed E-state index contributed by atoms with van der Waals surface area (Å²) in [4.78, 5) is 2.54. The number of aromatic hydroxyl groups is 1. The second-order valence-corrected chi connectivity index (χ2v) is 5.94. The topological polar surface area (TPSA) is 44.7 Å². The summed E-state index contributed by atoms with van der Waals surface area (Å²) in [5, 5.41) is 13.6. The van der Waals surface area contributed by atoms with Gasteiger partial charge in [-0.05, 0) is 51.4 Å². The Balaban J connectivity index is 1.76. The normalized spacial score (nSPS) is 17.0. The second-order valence-electron chi connectivity index (χ2n) is 5.94. The highest BCUT2D eigenvalue weighted by atomic mass is 16.5. The first-order chi connectivity index (χ1) is 10.2. The third kappa shape index (κ3) is 4.90. The molecule has 0 aromatic heterocycles. The molecule has 21 heavy (non-hydrogen) atoms. The molecule has 118 valence electrons. The second kappa shape index (κ2) is 8.25. The van der Waals surface area contributed by atoms with Crippen molar-refractivity contribution >= 4 is 0 Å². The molecule has 0 bridgehead atoms. The molecule has 0 aliphatic carbocycles. The fraction of sp³-hybridized carbons (Fsp3) is 0.647. The molecule has 1 aliphatic rings. The largest absolute Gasteiger partial charge is 0.504 e. The molecular formula is C17H28N2O2. The van der Waals surface area contributed by atoms with Gasteiger partial charge in [0.2, 0.25) is 0 Å². The van der Waals surface area contributed by atoms with Gasteiger partial charge in [0, 0.05) is 18.7 Å². The SMILES string of the molecule is CCOc1cccc(CNCC(C)CN2CCCC2)c1O. The van der Waals surface area contributed by atoms with Gasteiger partial charge in [0.25, 0.3) is 0 Å². The number of ether oxygens (including phenoxy) is 1. The minimum Gasteiger partial charge on any atom is -0.504 e. The summed E-state index contributed by atoms with van der Waals surface area (Å²) in [5.41, 5.74) is 0.898. The molecule has 1 fully saturated rings. The molecule has 4 heteroatoms. The molecular weight excluding hydrogens is 264 g/mol. The van der Waals surface area contributed by atoms with Crippen LogP contribution in [0, 0.1) is 5.92 Å². The Morgan fingerprint density at radius 3 is 2.81 bits per heavy atom. The van der Waals surface area contributed by atoms with Gasteiger partial charge in [-0.1, -0.05) is 19.1 Å². The van der Waals surface area contributed by atoms with E-state index in [0.29, 0.717) is 24.8 Å². The monoisotopic (exact) mass is 292 g/mol. The van der Waals surface area contributed by atoms with Gasteiger partial charge < -0.3 is 20.1 Å². The maximum Gasteiger partial charge on any atom is 0.162 e. The zero-order valence-electron chi connectivity index (χ0n) is 13.3. The summed E-state index contributed by atoms with van der Waals surface area (Å²) in [7, 11) is 0. The predicted molar refractivity (Wildman–Crippen MR) is 85.8 cm³/mol. The smallest absolute Gasteiger partial charge is 0.162 e. The van der Waals surface area contributed by atoms with Crippen LogP contribution in [-0.2, 0) is 6.54 Å². The summed E-state index contributed by atoms with van der Waals surface area (Å²) in [6.07, 6.45) is 2.69. The van der Waals surface area contributed by atoms with Crippen LogP contribution in [-0.4, -0.2) is 42.8 Å². The van der Waals surface area contributed by atoms with Crippen molar-refractivity contribution in [3.8, 4) is 11.5 Å². The first kappa shape index (κ1) is 16.1. The summed E-state index contributed by atoms with van der Waals surface area (Å²) < 4.78 is 5.41. The Morgan fingerprint density at radius 2 is 2.10 bits per heavy atom. The molecule has 4 nitrogen and oxygen atoms in total. The van der Waals surface area contributed by atoms with Gasteiger partial charge in [-0.2, -0.15) is 0 Å². The lowest BCUT2D eigenvalue weighted by atomic mass is 10.1. The first-order valence-corrected chi connectivity index (χ1v) is 8.07. The molecule has 1 saturated heterocycles. The number of hydrogen-bond donors (Lipinski definition) is 2. The number of nitrogens with one attached hydrogen (secondary N) is 1. The van der Waals surface area contributed by atoms with E-state index in [1.54, 1.807) is 6.07 Å². The van der Waals surface area contributed by atoms with E-state index in [1.807, 2.05) is 19.1 Å². The highest BCUT2D eigenvalue weighted by molar-refractivity contribution is 5.45. The van der Waals surface area contributed by atoms with Gasteiger partial charge in [-0.15, -0.1) is 0 Å². The van der Waals surface area contributed by atoms with E-state index in [9.17, 15) is 5.11 Å². The number of para-hydroxylation sites is 1. The minimum atomic E-state index is 0.263. The summed E-state index contributed by atoms with van der Waals surface area (Å²) >= 11 is 0. The molecule has 1 aliphatic heterocycles. The Morgan fingerprint density at radius 1 is 1.33 bits per heavy atom. The van der Waals surface area contributed by atoms with Crippen molar-refractivity contribution in [3.05, 3.63) is 23.8 Å². The summed E-state index contributed by atoms with van der Waals surface area (Å²) in [6.45, 7) is 10.1. The fourth-order valence-corrected chi connectivity index (χ4v) is 2.91. The van der Waals surface area contributed by atoms with Crippen LogP contribution in [0.2, 0.25) is 0 Å². The van der Waals surface area contributed by atoms with Crippen molar-refractivity contribution in [1.82, 2.24) is 10.2 Å². The Hall–Kier alpha value is -1.26. The van der Waals surface area contributed by atoms with E-state index >= 15 is 0 Å². The number of nitrogens with zero attached hydrogens (tertiary/aromatic N) is 1. The molecule has 1 aromatic carbocycles. The van der Waals surface area contributed by atoms with Crippen molar-refractivity contribution in [2.75, 3.05) is 32.8 Å². The number of phenols is 1. The standard InChI is InChI=1S/C17H28N2O2/c1-3-21-16-8-6-7-15(17(16)20)12-18-11-14(2)13-19-9-4-5-10-19/h6-8,14,18,20H,3-5,9-13H2,1-2H3. The molecule has 0 spiro atoms. The van der Waals surface area contributed by atoms with E-state index in [4.69, 9.17) is 4.74 Å². The van der Waals surface area contributed by atoms with Crippen LogP contribution in [0.5, 0.6) is 11.5 Å². The van der Waals surface area contributed by atoms with Crippen LogP contribution in [0.4, 0.5) is 0 Å². The third-order valence-corrected chi connectivity index (χ3v) is 3.96. The molecule has 1 atom stereocenters. The fourth-order valence-electron chi connectivity index (χ4n) is 2.91. The lowest BCUT2D eigenvalue weighted by Crippen LogP contribution is -2.31. The lowest BCUT2D eigenvalue weighted by Gasteiger charge is -2.20. The van der Waals surface area contributed by atoms with Gasteiger partial charge >= 0.3 is 0 Å². The molecule has 2 N–H and O–H groups in total. The average molecular weight is 292 g/mol. The van der Waals surface area contributed by atoms with Gasteiger partial charge in [0.1, 0.15) is 0 Å². The number of phenolic OH excluding ortho intramolecular Hbond substituents is 1. The number of likely N-dealkylation sites (tertiary alicyclic amines) is 1. The third-order valence-electron chi connectivity index (χ3n) is 3.96. The van der Waals surface area contributed by atoms with E-state index in [2.05, 4.69) is 17.1 Å². The van der Waals surface area contributed by atoms with Gasteiger partial charge in [0.05, 0.1) is 6.61 Å². The zero-order chi connectivity index (χ0) is 15.1. The number of hydrogen-bond acceptors (Lipinski definition) is 4. The average Bonchev–Trinajstić information content (AvgIpc) is 2.96. The molecule has 1 aromatic rings. The van der Waals surface area contributed by atoms with Crippen molar-refractivity contribution in [2.45, 2.75) is 33.2 Å². The molecule has 0 saturated carbocycles. The van der Waals surface area contributed by atoms with E-state index in [1.165, 1.54) is 25.9 Å². The molecule has 2 rings (SSSR count). The maximum atomic E-state index is 10.1. The van der Waals surface area contributed by atoms with Crippen molar-refractivity contribution in [1.29, 1.82) is 0 Å². The van der Waals surface area contributed by atoms with Crippen LogP contribution in [0.15, 0.2) is 18.2 Å². The number of benzene rings is 1. The summed E-state index contributed by atoms with van der Waals surface area (Å²) in [6, 6.07) is 5.67. The minimum absolute atomic E-state index is 0.263. The highest BCUT2D eigenvalue weighted by Gasteiger charge is 2.14. The van der Waals surface area contributed by atoms with Crippen LogP contribution < -0.4 is 10.1 Å². The number of rotatable bonds is 8. The summed E-state index contributed by atoms with van der Waals surface area (Å²) in [5.74, 6) is 1.46. The Kier molecular flexibility index (Phi) is 6.33. The maximum absolute atomic E-state index is 10.1. The van der Waals surface area contributed by atoms with E-state index in [0.717, 1.165) is 18.7 Å². The molecule has 0 radical (unpaired) electrons. The quantitative estimate of drug-likeness (QED) is 0.773. The Labute approximate surface area is 128 Å². The van der Waals surface area contributed by atoms with Crippen LogP contribution in [0.1, 0.15) is 32.3 Å². The van der Waals surface area contributed by atoms with Gasteiger partial charge in [0.15, 0.2) is 11.5 Å². The van der Waals surface area contributed by atoms with Gasteiger partial charge in [-0.25, -0.2) is 0 Å². The zero-order valence-corrected chi connectivity index (χ0v) is 13.3. The molecule has 1 heterocycles. The molecule has 0 amide bonds. The van der Waals surface area contributed by atoms with Crippen molar-refractivity contribution in [3.63, 3.8) is 0 Å². The first-order valence-electron chi connectivity index (χ1n) is 8.07. The van der Waals surface area contributed by atoms with Crippen LogP contribution in [0.3, 0.4) is 0 Å². The van der Waals surface area contributed by atoms with Gasteiger partial charge in [-0.3, -0.25) is 0 Å². The lowest BCUT2D eigenvalue weighted by molar-refractivity contribution is 0.282. The van der Waals surface area contributed by atoms with Crippen molar-refractivity contribution < 1.29 is 9.84 Å². The Bertz CT molecular complexity index is 431. The van der Waals surface area contributed by atoms with Crippen molar-refractivity contribution in [2.24, 2.45) is 5.92 Å². The van der Waals surface area contributed by atoms with Crippen LogP contribution in [0.25, 0.3) is 0 Å². The highest BCUT2D eigenvalue weighted by Crippen LogP contribution is 2.29. The predicted octanol–water partition coefficient (Wildman–Crippen LogP) is 2.61. The van der Waals surface area contributed by atoms with E-state index < -0.39 is 0 Å².